The van der Waals surface area contributed by atoms with Crippen LogP contribution in [0.25, 0.3) is 0 Å². The van der Waals surface area contributed by atoms with Gasteiger partial charge in [0.05, 0.1) is 13.2 Å². The molecule has 1 fully saturated rings. The average molecular weight is 241 g/mol. The van der Waals surface area contributed by atoms with Crippen LogP contribution >= 0.6 is 0 Å². The highest BCUT2D eigenvalue weighted by Gasteiger charge is 2.27. The molecule has 4 heteroatoms. The van der Waals surface area contributed by atoms with Crippen LogP contribution in [0.5, 0.6) is 0 Å². The standard InChI is InChI=1S/C13H23NO3/c1-4-17-12(16)8-11(15)9-14-7-5-6-13(2,3)10-14/h4-10H2,1-3H3. The molecule has 0 bridgehead atoms. The Morgan fingerprint density at radius 2 is 2.06 bits per heavy atom. The molecule has 0 aromatic rings. The second kappa shape index (κ2) is 6.15. The molecule has 1 saturated heterocycles. The van der Waals surface area contributed by atoms with Crippen LogP contribution in [0.3, 0.4) is 0 Å². The number of nitrogens with zero attached hydrogens (tertiary/aromatic N) is 1. The molecule has 0 unspecified atom stereocenters. The molecule has 0 spiro atoms. The Kier molecular flexibility index (Phi) is 5.12. The van der Waals surface area contributed by atoms with Gasteiger partial charge in [-0.25, -0.2) is 0 Å². The van der Waals surface area contributed by atoms with Gasteiger partial charge in [-0.05, 0) is 31.7 Å². The molecule has 0 aliphatic carbocycles. The van der Waals surface area contributed by atoms with Gasteiger partial charge in [-0.15, -0.1) is 0 Å². The van der Waals surface area contributed by atoms with Crippen molar-refractivity contribution in [1.29, 1.82) is 0 Å². The maximum absolute atomic E-state index is 11.7. The number of ketones is 1. The molecular weight excluding hydrogens is 218 g/mol. The van der Waals surface area contributed by atoms with Crippen LogP contribution in [0.4, 0.5) is 0 Å². The second-order valence-electron chi connectivity index (χ2n) is 5.50. The number of carbonyl (C=O) groups is 2. The molecule has 1 aliphatic rings. The van der Waals surface area contributed by atoms with E-state index in [4.69, 9.17) is 4.74 Å². The fourth-order valence-electron chi connectivity index (χ4n) is 2.36. The summed E-state index contributed by atoms with van der Waals surface area (Å²) in [5.41, 5.74) is 0.280. The zero-order valence-corrected chi connectivity index (χ0v) is 11.1. The minimum Gasteiger partial charge on any atom is -0.466 e. The molecule has 1 aliphatic heterocycles. The topological polar surface area (TPSA) is 46.6 Å². The largest absolute Gasteiger partial charge is 0.466 e. The van der Waals surface area contributed by atoms with E-state index in [0.717, 1.165) is 19.5 Å². The normalized spacial score (nSPS) is 19.9. The lowest BCUT2D eigenvalue weighted by molar-refractivity contribution is -0.145. The SMILES string of the molecule is CCOC(=O)CC(=O)CN1CCCC(C)(C)C1. The lowest BCUT2D eigenvalue weighted by atomic mass is 9.84. The van der Waals surface area contributed by atoms with E-state index in [0.29, 0.717) is 13.2 Å². The van der Waals surface area contributed by atoms with Crippen LogP contribution < -0.4 is 0 Å². The Hall–Kier alpha value is -0.900. The van der Waals surface area contributed by atoms with Crippen molar-refractivity contribution >= 4 is 11.8 Å². The fraction of sp³-hybridized carbons (Fsp3) is 0.846. The van der Waals surface area contributed by atoms with Crippen LogP contribution in [0.1, 0.15) is 40.0 Å². The van der Waals surface area contributed by atoms with Gasteiger partial charge in [-0.1, -0.05) is 13.8 Å². The maximum atomic E-state index is 11.7. The highest BCUT2D eigenvalue weighted by molar-refractivity contribution is 5.96. The maximum Gasteiger partial charge on any atom is 0.313 e. The summed E-state index contributed by atoms with van der Waals surface area (Å²) >= 11 is 0. The molecule has 0 amide bonds. The Bertz CT molecular complexity index is 286. The summed E-state index contributed by atoms with van der Waals surface area (Å²) in [6.45, 7) is 8.78. The van der Waals surface area contributed by atoms with Crippen molar-refractivity contribution in [2.75, 3.05) is 26.2 Å². The lowest BCUT2D eigenvalue weighted by Crippen LogP contribution is -2.42. The molecule has 0 aromatic carbocycles. The molecular formula is C13H23NO3. The Labute approximate surface area is 103 Å². The number of carbonyl (C=O) groups excluding carboxylic acids is 2. The highest BCUT2D eigenvalue weighted by Crippen LogP contribution is 2.28. The third kappa shape index (κ3) is 5.31. The molecule has 1 heterocycles. The average Bonchev–Trinajstić information content (AvgIpc) is 2.15. The number of likely N-dealkylation sites (tertiary alicyclic amines) is 1. The van der Waals surface area contributed by atoms with E-state index in [9.17, 15) is 9.59 Å². The number of rotatable bonds is 5. The molecule has 0 radical (unpaired) electrons. The predicted octanol–water partition coefficient (Wildman–Crippen LogP) is 1.63. The van der Waals surface area contributed by atoms with E-state index in [1.165, 1.54) is 6.42 Å². The smallest absolute Gasteiger partial charge is 0.313 e. The first-order valence-corrected chi connectivity index (χ1v) is 6.32. The van der Waals surface area contributed by atoms with Crippen LogP contribution in [-0.4, -0.2) is 42.9 Å². The van der Waals surface area contributed by atoms with Gasteiger partial charge in [-0.3, -0.25) is 14.5 Å². The van der Waals surface area contributed by atoms with Crippen molar-refractivity contribution < 1.29 is 14.3 Å². The van der Waals surface area contributed by atoms with Gasteiger partial charge in [0.25, 0.3) is 0 Å². The molecule has 0 atom stereocenters. The number of esters is 1. The summed E-state index contributed by atoms with van der Waals surface area (Å²) in [6, 6.07) is 0. The molecule has 0 aromatic heterocycles. The molecule has 98 valence electrons. The minimum absolute atomic E-state index is 0.0406. The van der Waals surface area contributed by atoms with Gasteiger partial charge in [-0.2, -0.15) is 0 Å². The Balaban J connectivity index is 2.33. The van der Waals surface area contributed by atoms with Crippen molar-refractivity contribution in [2.24, 2.45) is 5.41 Å². The molecule has 17 heavy (non-hydrogen) atoms. The summed E-state index contributed by atoms with van der Waals surface area (Å²) in [4.78, 5) is 25.0. The van der Waals surface area contributed by atoms with E-state index in [1.807, 2.05) is 0 Å². The number of piperidine rings is 1. The van der Waals surface area contributed by atoms with Gasteiger partial charge < -0.3 is 4.74 Å². The summed E-state index contributed by atoms with van der Waals surface area (Å²) in [5, 5.41) is 0. The van der Waals surface area contributed by atoms with Gasteiger partial charge in [0, 0.05) is 6.54 Å². The van der Waals surface area contributed by atoms with Crippen molar-refractivity contribution in [2.45, 2.75) is 40.0 Å². The van der Waals surface area contributed by atoms with Crippen molar-refractivity contribution in [3.63, 3.8) is 0 Å². The van der Waals surface area contributed by atoms with E-state index in [-0.39, 0.29) is 17.6 Å². The number of Topliss-reactive ketones (excluding diaryl/α,β-unsaturated/α-hetero) is 1. The monoisotopic (exact) mass is 241 g/mol. The van der Waals surface area contributed by atoms with Gasteiger partial charge in [0.1, 0.15) is 6.42 Å². The van der Waals surface area contributed by atoms with E-state index >= 15 is 0 Å². The number of ether oxygens (including phenoxy) is 1. The van der Waals surface area contributed by atoms with Crippen LogP contribution in [0.2, 0.25) is 0 Å². The quantitative estimate of drug-likeness (QED) is 0.542. The molecule has 0 saturated carbocycles. The van der Waals surface area contributed by atoms with Gasteiger partial charge in [0.2, 0.25) is 0 Å². The van der Waals surface area contributed by atoms with E-state index in [2.05, 4.69) is 18.7 Å². The van der Waals surface area contributed by atoms with Crippen molar-refractivity contribution in [1.82, 2.24) is 4.90 Å². The summed E-state index contributed by atoms with van der Waals surface area (Å²) in [5.74, 6) is -0.449. The third-order valence-electron chi connectivity index (χ3n) is 3.03. The van der Waals surface area contributed by atoms with E-state index in [1.54, 1.807) is 6.92 Å². The zero-order chi connectivity index (χ0) is 12.9. The molecule has 0 N–H and O–H groups in total. The Morgan fingerprint density at radius 3 is 2.65 bits per heavy atom. The first kappa shape index (κ1) is 14.2. The highest BCUT2D eigenvalue weighted by atomic mass is 16.5. The van der Waals surface area contributed by atoms with Crippen LogP contribution in [0.15, 0.2) is 0 Å². The molecule has 4 nitrogen and oxygen atoms in total. The first-order valence-electron chi connectivity index (χ1n) is 6.32. The number of hydrogen-bond acceptors (Lipinski definition) is 4. The summed E-state index contributed by atoms with van der Waals surface area (Å²) < 4.78 is 4.76. The van der Waals surface area contributed by atoms with Crippen molar-refractivity contribution in [3.8, 4) is 0 Å². The second-order valence-corrected chi connectivity index (χ2v) is 5.50. The summed E-state index contributed by atoms with van der Waals surface area (Å²) in [6.07, 6.45) is 2.24. The van der Waals surface area contributed by atoms with Crippen molar-refractivity contribution in [3.05, 3.63) is 0 Å². The van der Waals surface area contributed by atoms with Gasteiger partial charge in [0.15, 0.2) is 5.78 Å². The zero-order valence-electron chi connectivity index (χ0n) is 11.1. The number of hydrogen-bond donors (Lipinski definition) is 0. The van der Waals surface area contributed by atoms with Gasteiger partial charge >= 0.3 is 5.97 Å². The lowest BCUT2D eigenvalue weighted by Gasteiger charge is -2.37. The third-order valence-corrected chi connectivity index (χ3v) is 3.03. The van der Waals surface area contributed by atoms with E-state index < -0.39 is 5.97 Å². The van der Waals surface area contributed by atoms with Crippen LogP contribution in [-0.2, 0) is 14.3 Å². The Morgan fingerprint density at radius 1 is 1.35 bits per heavy atom. The minimum atomic E-state index is -0.409. The fourth-order valence-corrected chi connectivity index (χ4v) is 2.36. The molecule has 1 rings (SSSR count). The predicted molar refractivity (Wildman–Crippen MR) is 65.7 cm³/mol. The van der Waals surface area contributed by atoms with Crippen LogP contribution in [0, 0.1) is 5.41 Å². The summed E-state index contributed by atoms with van der Waals surface area (Å²) in [7, 11) is 0. The first-order chi connectivity index (χ1) is 7.93.